The van der Waals surface area contributed by atoms with Crippen molar-refractivity contribution in [1.82, 2.24) is 5.32 Å². The number of nitrogens with two attached hydrogens (primary N) is 1. The number of hydrogen-bond donors (Lipinski definition) is 3. The van der Waals surface area contributed by atoms with Crippen LogP contribution in [-0.2, 0) is 4.79 Å². The fourth-order valence-corrected chi connectivity index (χ4v) is 2.19. The van der Waals surface area contributed by atoms with Gasteiger partial charge in [-0.1, -0.05) is 36.1 Å². The average Bonchev–Trinajstić information content (AvgIpc) is 2.60. The zero-order valence-electron chi connectivity index (χ0n) is 13.9. The van der Waals surface area contributed by atoms with Crippen LogP contribution in [0, 0.1) is 11.8 Å². The molecule has 5 nitrogen and oxygen atoms in total. The molecule has 0 radical (unpaired) electrons. The first-order valence-corrected chi connectivity index (χ1v) is 8.14. The van der Waals surface area contributed by atoms with Gasteiger partial charge in [0.15, 0.2) is 0 Å². The number of nitrogens with one attached hydrogen (secondary N) is 2. The lowest BCUT2D eigenvalue weighted by Gasteiger charge is -2.06. The smallest absolute Gasteiger partial charge is 0.312 e. The van der Waals surface area contributed by atoms with Gasteiger partial charge in [-0.2, -0.15) is 0 Å². The highest BCUT2D eigenvalue weighted by Crippen LogP contribution is 2.11. The van der Waals surface area contributed by atoms with E-state index in [4.69, 9.17) is 5.73 Å². The number of benzene rings is 2. The van der Waals surface area contributed by atoms with Crippen molar-refractivity contribution in [3.05, 3.63) is 65.7 Å². The molecular weight excluding hydrogens is 314 g/mol. The standard InChI is InChI=1S/C20H21N3O2/c21-20(25)22-14-5-4-11-19(24)23-18-10-6-9-17(15-18)13-12-16-7-2-1-3-8-16/h1-3,6-10,15H,4-5,11,14H2,(H,23,24)(H3,21,22,25). The Labute approximate surface area is 147 Å². The summed E-state index contributed by atoms with van der Waals surface area (Å²) in [6.45, 7) is 0.479. The van der Waals surface area contributed by atoms with E-state index in [1.54, 1.807) is 0 Å². The fourth-order valence-electron chi connectivity index (χ4n) is 2.19. The van der Waals surface area contributed by atoms with Crippen LogP contribution in [0.5, 0.6) is 0 Å². The van der Waals surface area contributed by atoms with E-state index in [0.29, 0.717) is 25.8 Å². The molecule has 0 aromatic heterocycles. The Kier molecular flexibility index (Phi) is 7.08. The second-order valence-corrected chi connectivity index (χ2v) is 5.49. The summed E-state index contributed by atoms with van der Waals surface area (Å²) >= 11 is 0. The van der Waals surface area contributed by atoms with Crippen LogP contribution in [0.1, 0.15) is 30.4 Å². The normalized spacial score (nSPS) is 9.60. The minimum absolute atomic E-state index is 0.0627. The maximum atomic E-state index is 11.9. The first-order chi connectivity index (χ1) is 12.1. The monoisotopic (exact) mass is 335 g/mol. The van der Waals surface area contributed by atoms with Crippen LogP contribution < -0.4 is 16.4 Å². The molecule has 0 saturated carbocycles. The van der Waals surface area contributed by atoms with E-state index in [1.807, 2.05) is 54.6 Å². The third-order valence-corrected chi connectivity index (χ3v) is 3.40. The third kappa shape index (κ3) is 7.23. The number of hydrogen-bond acceptors (Lipinski definition) is 2. The molecule has 0 spiro atoms. The molecule has 2 aromatic rings. The number of amides is 3. The number of primary amides is 1. The van der Waals surface area contributed by atoms with Crippen molar-refractivity contribution in [2.24, 2.45) is 5.73 Å². The molecule has 25 heavy (non-hydrogen) atoms. The summed E-state index contributed by atoms with van der Waals surface area (Å²) in [5.41, 5.74) is 7.48. The van der Waals surface area contributed by atoms with Crippen LogP contribution in [0.2, 0.25) is 0 Å². The first-order valence-electron chi connectivity index (χ1n) is 8.14. The van der Waals surface area contributed by atoms with Gasteiger partial charge < -0.3 is 16.4 Å². The topological polar surface area (TPSA) is 84.2 Å². The predicted molar refractivity (Wildman–Crippen MR) is 98.9 cm³/mol. The molecule has 0 atom stereocenters. The molecule has 2 aromatic carbocycles. The molecule has 0 aliphatic rings. The molecule has 0 bridgehead atoms. The van der Waals surface area contributed by atoms with Crippen molar-refractivity contribution in [1.29, 1.82) is 0 Å². The van der Waals surface area contributed by atoms with E-state index in [-0.39, 0.29) is 5.91 Å². The van der Waals surface area contributed by atoms with Crippen molar-refractivity contribution < 1.29 is 9.59 Å². The van der Waals surface area contributed by atoms with E-state index >= 15 is 0 Å². The summed E-state index contributed by atoms with van der Waals surface area (Å²) < 4.78 is 0. The van der Waals surface area contributed by atoms with Crippen molar-refractivity contribution in [2.45, 2.75) is 19.3 Å². The average molecular weight is 335 g/mol. The zero-order valence-corrected chi connectivity index (χ0v) is 13.9. The molecule has 2 rings (SSSR count). The van der Waals surface area contributed by atoms with Gasteiger partial charge in [0.25, 0.3) is 0 Å². The maximum absolute atomic E-state index is 11.9. The highest BCUT2D eigenvalue weighted by molar-refractivity contribution is 5.90. The highest BCUT2D eigenvalue weighted by Gasteiger charge is 2.03. The van der Waals surface area contributed by atoms with Gasteiger partial charge in [0, 0.05) is 29.8 Å². The van der Waals surface area contributed by atoms with Crippen molar-refractivity contribution >= 4 is 17.6 Å². The third-order valence-electron chi connectivity index (χ3n) is 3.40. The Balaban J connectivity index is 1.84. The highest BCUT2D eigenvalue weighted by atomic mass is 16.2. The van der Waals surface area contributed by atoms with E-state index < -0.39 is 6.03 Å². The lowest BCUT2D eigenvalue weighted by Crippen LogP contribution is -2.30. The Bertz CT molecular complexity index is 776. The van der Waals surface area contributed by atoms with Gasteiger partial charge in [-0.3, -0.25) is 4.79 Å². The van der Waals surface area contributed by atoms with Crippen LogP contribution in [0.15, 0.2) is 54.6 Å². The van der Waals surface area contributed by atoms with Gasteiger partial charge in [0.1, 0.15) is 0 Å². The van der Waals surface area contributed by atoms with Crippen LogP contribution in [0.25, 0.3) is 0 Å². The largest absolute Gasteiger partial charge is 0.352 e. The summed E-state index contributed by atoms with van der Waals surface area (Å²) in [6.07, 6.45) is 1.78. The van der Waals surface area contributed by atoms with Crippen LogP contribution in [0.3, 0.4) is 0 Å². The fraction of sp³-hybridized carbons (Fsp3) is 0.200. The van der Waals surface area contributed by atoms with Gasteiger partial charge >= 0.3 is 6.03 Å². The lowest BCUT2D eigenvalue weighted by molar-refractivity contribution is -0.116. The second kappa shape index (κ2) is 9.78. The van der Waals surface area contributed by atoms with E-state index in [0.717, 1.165) is 16.8 Å². The summed E-state index contributed by atoms with van der Waals surface area (Å²) in [4.78, 5) is 22.5. The molecule has 5 heteroatoms. The van der Waals surface area contributed by atoms with Gasteiger partial charge in [-0.15, -0.1) is 0 Å². The number of carbonyl (C=O) groups is 2. The number of carbonyl (C=O) groups excluding carboxylic acids is 2. The van der Waals surface area contributed by atoms with E-state index in [1.165, 1.54) is 0 Å². The van der Waals surface area contributed by atoms with Crippen molar-refractivity contribution in [3.63, 3.8) is 0 Å². The Morgan fingerprint density at radius 2 is 1.64 bits per heavy atom. The summed E-state index contributed by atoms with van der Waals surface area (Å²) in [6, 6.07) is 16.6. The van der Waals surface area contributed by atoms with Crippen LogP contribution in [-0.4, -0.2) is 18.5 Å². The number of rotatable bonds is 6. The van der Waals surface area contributed by atoms with E-state index in [2.05, 4.69) is 22.5 Å². The summed E-state index contributed by atoms with van der Waals surface area (Å²) in [7, 11) is 0. The lowest BCUT2D eigenvalue weighted by atomic mass is 10.1. The van der Waals surface area contributed by atoms with E-state index in [9.17, 15) is 9.59 Å². The molecule has 0 aliphatic carbocycles. The van der Waals surface area contributed by atoms with Gasteiger partial charge in [-0.05, 0) is 43.2 Å². The molecule has 0 fully saturated rings. The molecule has 0 heterocycles. The Morgan fingerprint density at radius 3 is 2.40 bits per heavy atom. The van der Waals surface area contributed by atoms with Gasteiger partial charge in [0.05, 0.1) is 0 Å². The quantitative estimate of drug-likeness (QED) is 0.560. The minimum atomic E-state index is -0.544. The molecule has 4 N–H and O–H groups in total. The second-order valence-electron chi connectivity index (χ2n) is 5.49. The number of urea groups is 1. The molecule has 3 amide bonds. The van der Waals surface area contributed by atoms with Crippen LogP contribution in [0.4, 0.5) is 10.5 Å². The Morgan fingerprint density at radius 1 is 0.920 bits per heavy atom. The van der Waals surface area contributed by atoms with Gasteiger partial charge in [-0.25, -0.2) is 4.79 Å². The Hall–Kier alpha value is -3.26. The summed E-state index contributed by atoms with van der Waals surface area (Å²) in [5.74, 6) is 6.12. The zero-order chi connectivity index (χ0) is 17.9. The molecule has 128 valence electrons. The number of unbranched alkanes of at least 4 members (excludes halogenated alkanes) is 1. The molecule has 0 aliphatic heterocycles. The van der Waals surface area contributed by atoms with Crippen molar-refractivity contribution in [3.8, 4) is 11.8 Å². The minimum Gasteiger partial charge on any atom is -0.352 e. The maximum Gasteiger partial charge on any atom is 0.312 e. The predicted octanol–water partition coefficient (Wildman–Crippen LogP) is 2.86. The SMILES string of the molecule is NC(=O)NCCCCC(=O)Nc1cccc(C#Cc2ccccc2)c1. The van der Waals surface area contributed by atoms with Crippen LogP contribution >= 0.6 is 0 Å². The molecular formula is C20H21N3O2. The number of anilines is 1. The molecule has 0 unspecified atom stereocenters. The summed E-state index contributed by atoms with van der Waals surface area (Å²) in [5, 5.41) is 5.36. The first kappa shape index (κ1) is 18.1. The van der Waals surface area contributed by atoms with Gasteiger partial charge in [0.2, 0.25) is 5.91 Å². The van der Waals surface area contributed by atoms with Crippen molar-refractivity contribution in [2.75, 3.05) is 11.9 Å². The molecule has 0 saturated heterocycles.